The van der Waals surface area contributed by atoms with Crippen LogP contribution in [0.4, 0.5) is 0 Å². The quantitative estimate of drug-likeness (QED) is 0.175. The Morgan fingerprint density at radius 3 is 2.08 bits per heavy atom. The number of imidazole rings is 1. The second-order valence-electron chi connectivity index (χ2n) is 13.2. The maximum absolute atomic E-state index is 13.0. The molecule has 4 N–H and O–H groups in total. The third kappa shape index (κ3) is 11.8. The third-order valence-corrected chi connectivity index (χ3v) is 8.86. The van der Waals surface area contributed by atoms with Crippen molar-refractivity contribution in [2.45, 2.75) is 127 Å². The molecule has 1 saturated heterocycles. The number of amides is 2. The van der Waals surface area contributed by atoms with Crippen molar-refractivity contribution in [2.24, 2.45) is 22.6 Å². The van der Waals surface area contributed by atoms with Gasteiger partial charge in [0.25, 0.3) is 0 Å². The SMILES string of the molecule is CC.CC.CC.CCCN(Cc1ncc(-c2ccc(-c3ccc(C4CN=C(C5CCCN5C(=O)C(N)C(C)C)N4)cc3)cc2)[nH]1)C(=O)CC(C)C. The first-order valence-electron chi connectivity index (χ1n) is 19.5. The van der Waals surface area contributed by atoms with Crippen LogP contribution < -0.4 is 11.1 Å². The summed E-state index contributed by atoms with van der Waals surface area (Å²) in [6.45, 7) is 24.8. The van der Waals surface area contributed by atoms with Gasteiger partial charge in [-0.25, -0.2) is 4.98 Å². The highest BCUT2D eigenvalue weighted by Gasteiger charge is 2.37. The van der Waals surface area contributed by atoms with Gasteiger partial charge in [0.2, 0.25) is 11.8 Å². The van der Waals surface area contributed by atoms with Gasteiger partial charge in [-0.3, -0.25) is 14.6 Å². The zero-order valence-corrected chi connectivity index (χ0v) is 33.4. The fourth-order valence-corrected chi connectivity index (χ4v) is 6.20. The fraction of sp³-hybridized carbons (Fsp3) is 0.571. The molecule has 2 amide bonds. The van der Waals surface area contributed by atoms with Crippen LogP contribution in [-0.4, -0.2) is 69.1 Å². The van der Waals surface area contributed by atoms with E-state index in [9.17, 15) is 9.59 Å². The second-order valence-corrected chi connectivity index (χ2v) is 13.2. The number of nitrogens with two attached hydrogens (primary N) is 1. The number of benzene rings is 2. The second kappa shape index (κ2) is 22.1. The van der Waals surface area contributed by atoms with Crippen molar-refractivity contribution in [1.29, 1.82) is 0 Å². The Kier molecular flexibility index (Phi) is 18.7. The number of hydrogen-bond donors (Lipinski definition) is 3. The molecule has 282 valence electrons. The van der Waals surface area contributed by atoms with Gasteiger partial charge in [-0.1, -0.05) is 125 Å². The molecule has 0 radical (unpaired) electrons. The first kappa shape index (κ1) is 43.2. The lowest BCUT2D eigenvalue weighted by atomic mass is 9.99. The summed E-state index contributed by atoms with van der Waals surface area (Å²) in [5, 5.41) is 3.61. The van der Waals surface area contributed by atoms with Crippen molar-refractivity contribution in [3.05, 3.63) is 66.1 Å². The molecular weight excluding hydrogens is 635 g/mol. The molecule has 2 aromatic carbocycles. The number of likely N-dealkylation sites (tertiary alicyclic amines) is 1. The maximum Gasteiger partial charge on any atom is 0.240 e. The summed E-state index contributed by atoms with van der Waals surface area (Å²) in [7, 11) is 0. The number of rotatable bonds is 12. The van der Waals surface area contributed by atoms with Crippen molar-refractivity contribution in [3.8, 4) is 22.4 Å². The van der Waals surface area contributed by atoms with Crippen LogP contribution in [0.25, 0.3) is 22.4 Å². The van der Waals surface area contributed by atoms with E-state index in [4.69, 9.17) is 10.7 Å². The predicted octanol–water partition coefficient (Wildman–Crippen LogP) is 8.62. The van der Waals surface area contributed by atoms with Crippen molar-refractivity contribution in [3.63, 3.8) is 0 Å². The van der Waals surface area contributed by atoms with Gasteiger partial charge in [0.1, 0.15) is 11.7 Å². The summed E-state index contributed by atoms with van der Waals surface area (Å²) in [4.78, 5) is 42.3. The van der Waals surface area contributed by atoms with E-state index < -0.39 is 6.04 Å². The summed E-state index contributed by atoms with van der Waals surface area (Å²) in [5.41, 5.74) is 11.6. The normalized spacial score (nSPS) is 16.9. The minimum Gasteiger partial charge on any atom is -0.363 e. The lowest BCUT2D eigenvalue weighted by Gasteiger charge is -2.29. The van der Waals surface area contributed by atoms with Crippen molar-refractivity contribution < 1.29 is 9.59 Å². The molecule has 9 heteroatoms. The number of carbonyl (C=O) groups excluding carboxylic acids is 2. The Morgan fingerprint density at radius 1 is 0.922 bits per heavy atom. The molecule has 1 aromatic heterocycles. The third-order valence-electron chi connectivity index (χ3n) is 8.86. The van der Waals surface area contributed by atoms with Crippen molar-refractivity contribution in [2.75, 3.05) is 19.6 Å². The van der Waals surface area contributed by atoms with Crippen LogP contribution in [0.1, 0.15) is 119 Å². The summed E-state index contributed by atoms with van der Waals surface area (Å²) in [6.07, 6.45) is 5.21. The molecule has 3 heterocycles. The first-order chi connectivity index (χ1) is 24.6. The lowest BCUT2D eigenvalue weighted by Crippen LogP contribution is -2.52. The Labute approximate surface area is 308 Å². The minimum absolute atomic E-state index is 0.0151. The van der Waals surface area contributed by atoms with Crippen molar-refractivity contribution >= 4 is 17.6 Å². The summed E-state index contributed by atoms with van der Waals surface area (Å²) < 4.78 is 0. The fourth-order valence-electron chi connectivity index (χ4n) is 6.20. The number of carbonyl (C=O) groups is 2. The zero-order valence-electron chi connectivity index (χ0n) is 33.4. The molecule has 3 aromatic rings. The molecule has 3 unspecified atom stereocenters. The number of aromatic amines is 1. The number of nitrogens with one attached hydrogen (secondary N) is 2. The number of aromatic nitrogens is 2. The van der Waals surface area contributed by atoms with Crippen LogP contribution in [0, 0.1) is 11.8 Å². The van der Waals surface area contributed by atoms with Crippen LogP contribution in [0.5, 0.6) is 0 Å². The zero-order chi connectivity index (χ0) is 38.1. The van der Waals surface area contributed by atoms with E-state index >= 15 is 0 Å². The topological polar surface area (TPSA) is 120 Å². The predicted molar refractivity (Wildman–Crippen MR) is 214 cm³/mol. The van der Waals surface area contributed by atoms with Crippen LogP contribution in [0.3, 0.4) is 0 Å². The summed E-state index contributed by atoms with van der Waals surface area (Å²) in [6, 6.07) is 16.7. The molecular formula is C42H67N7O2. The molecule has 3 atom stereocenters. The number of hydrogen-bond acceptors (Lipinski definition) is 6. The molecule has 0 spiro atoms. The van der Waals surface area contributed by atoms with Gasteiger partial charge in [0.15, 0.2) is 0 Å². The Bertz CT molecular complexity index is 1480. The Hall–Kier alpha value is -3.98. The molecule has 51 heavy (non-hydrogen) atoms. The number of H-pyrrole nitrogens is 1. The largest absolute Gasteiger partial charge is 0.363 e. The molecule has 1 fully saturated rings. The van der Waals surface area contributed by atoms with E-state index in [2.05, 4.69) is 84.6 Å². The van der Waals surface area contributed by atoms with E-state index in [1.165, 1.54) is 5.56 Å². The van der Waals surface area contributed by atoms with Gasteiger partial charge in [-0.05, 0) is 53.4 Å². The van der Waals surface area contributed by atoms with Gasteiger partial charge >= 0.3 is 0 Å². The summed E-state index contributed by atoms with van der Waals surface area (Å²) in [5.74, 6) is 2.35. The lowest BCUT2D eigenvalue weighted by molar-refractivity contribution is -0.133. The van der Waals surface area contributed by atoms with Crippen LogP contribution in [0.2, 0.25) is 0 Å². The average molecular weight is 702 g/mol. The van der Waals surface area contributed by atoms with E-state index in [0.29, 0.717) is 25.4 Å². The van der Waals surface area contributed by atoms with E-state index in [-0.39, 0.29) is 29.8 Å². The highest BCUT2D eigenvalue weighted by molar-refractivity contribution is 5.94. The highest BCUT2D eigenvalue weighted by Crippen LogP contribution is 2.28. The standard InChI is InChI=1S/C36H49N7O2.3C2H6/c1-6-17-42(33(44)19-23(2)3)22-32-38-20-29(40-32)27-13-9-25(10-14-27)26-11-15-28(16-12-26)30-21-39-35(41-30)31-8-7-18-43(31)36(45)34(37)24(4)5;3*1-2/h9-16,20,23-24,30-31,34H,6-8,17-19,21-22,37H2,1-5H3,(H,38,40)(H,39,41);3*1-2H3. The Morgan fingerprint density at radius 2 is 1.51 bits per heavy atom. The molecule has 0 saturated carbocycles. The monoisotopic (exact) mass is 702 g/mol. The van der Waals surface area contributed by atoms with Crippen molar-refractivity contribution in [1.82, 2.24) is 25.1 Å². The minimum atomic E-state index is -0.477. The molecule has 5 rings (SSSR count). The van der Waals surface area contributed by atoms with Crippen LogP contribution in [-0.2, 0) is 16.1 Å². The van der Waals surface area contributed by atoms with Gasteiger partial charge in [-0.2, -0.15) is 0 Å². The molecule has 9 nitrogen and oxygen atoms in total. The number of nitrogens with zero attached hydrogens (tertiary/aromatic N) is 4. The summed E-state index contributed by atoms with van der Waals surface area (Å²) >= 11 is 0. The van der Waals surface area contributed by atoms with Gasteiger partial charge < -0.3 is 25.8 Å². The van der Waals surface area contributed by atoms with E-state index in [0.717, 1.165) is 66.4 Å². The highest BCUT2D eigenvalue weighted by atomic mass is 16.2. The smallest absolute Gasteiger partial charge is 0.240 e. The molecule has 0 aliphatic carbocycles. The van der Waals surface area contributed by atoms with Gasteiger partial charge in [0.05, 0.1) is 43.1 Å². The van der Waals surface area contributed by atoms with Gasteiger partial charge in [-0.15, -0.1) is 0 Å². The van der Waals surface area contributed by atoms with Gasteiger partial charge in [0, 0.05) is 19.5 Å². The molecule has 2 aliphatic heterocycles. The Balaban J connectivity index is 0.00000143. The van der Waals surface area contributed by atoms with E-state index in [1.807, 2.05) is 71.4 Å². The molecule has 2 aliphatic rings. The number of aliphatic imine (C=N–C) groups is 1. The number of amidine groups is 1. The van der Waals surface area contributed by atoms with E-state index in [1.54, 1.807) is 0 Å². The van der Waals surface area contributed by atoms with Crippen LogP contribution >= 0.6 is 0 Å². The molecule has 0 bridgehead atoms. The maximum atomic E-state index is 13.0. The first-order valence-corrected chi connectivity index (χ1v) is 19.5. The average Bonchev–Trinajstić information content (AvgIpc) is 3.95. The van der Waals surface area contributed by atoms with Crippen LogP contribution in [0.15, 0.2) is 59.7 Å².